The minimum Gasteiger partial charge on any atom is -0.383 e. The Hall–Kier alpha value is -2.74. The number of para-hydroxylation sites is 1. The first-order valence-corrected chi connectivity index (χ1v) is 10.3. The molecule has 0 spiro atoms. The van der Waals surface area contributed by atoms with E-state index >= 15 is 0 Å². The van der Waals surface area contributed by atoms with Crippen LogP contribution in [0.25, 0.3) is 0 Å². The molecule has 1 aliphatic rings. The molecule has 0 aromatic heterocycles. The first-order chi connectivity index (χ1) is 14.6. The predicted octanol–water partition coefficient (Wildman–Crippen LogP) is 2.22. The van der Waals surface area contributed by atoms with E-state index in [0.717, 1.165) is 30.9 Å². The molecule has 0 unspecified atom stereocenters. The molecular weight excluding hydrogens is 380 g/mol. The Balaban J connectivity index is 1.72. The summed E-state index contributed by atoms with van der Waals surface area (Å²) in [5.74, 6) is -0.0936. The van der Waals surface area contributed by atoms with Crippen molar-refractivity contribution in [3.05, 3.63) is 65.7 Å². The number of rotatable bonds is 8. The zero-order valence-electron chi connectivity index (χ0n) is 17.5. The van der Waals surface area contributed by atoms with Crippen LogP contribution in [0.3, 0.4) is 0 Å². The lowest BCUT2D eigenvalue weighted by atomic mass is 10.1. The predicted molar refractivity (Wildman–Crippen MR) is 118 cm³/mol. The van der Waals surface area contributed by atoms with Crippen LogP contribution in [0, 0.1) is 0 Å². The number of nitrogens with zero attached hydrogens (tertiary/aromatic N) is 3. The van der Waals surface area contributed by atoms with E-state index in [2.05, 4.69) is 4.90 Å². The number of Topliss-reactive ketones (excluding diaryl/α,β-unsaturated/α-hetero) is 1. The Morgan fingerprint density at radius 3 is 2.27 bits per heavy atom. The van der Waals surface area contributed by atoms with Gasteiger partial charge >= 0.3 is 6.03 Å². The Bertz CT molecular complexity index is 818. The topological polar surface area (TPSA) is 79.1 Å². The third-order valence-corrected chi connectivity index (χ3v) is 5.36. The van der Waals surface area contributed by atoms with Crippen molar-refractivity contribution in [2.24, 2.45) is 5.73 Å². The molecule has 0 aliphatic carbocycles. The highest BCUT2D eigenvalue weighted by Crippen LogP contribution is 2.20. The van der Waals surface area contributed by atoms with E-state index < -0.39 is 0 Å². The van der Waals surface area contributed by atoms with Gasteiger partial charge in [0, 0.05) is 51.1 Å². The second kappa shape index (κ2) is 10.9. The molecule has 1 aliphatic heterocycles. The third kappa shape index (κ3) is 5.66. The summed E-state index contributed by atoms with van der Waals surface area (Å²) in [5.41, 5.74) is 7.84. The number of anilines is 1. The Kier molecular flexibility index (Phi) is 7.96. The minimum absolute atomic E-state index is 0.00490. The summed E-state index contributed by atoms with van der Waals surface area (Å²) in [4.78, 5) is 31.2. The van der Waals surface area contributed by atoms with Crippen molar-refractivity contribution >= 4 is 17.5 Å². The van der Waals surface area contributed by atoms with Gasteiger partial charge in [0.1, 0.15) is 0 Å². The number of carbonyl (C=O) groups excluding carboxylic acids is 2. The second-order valence-electron chi connectivity index (χ2n) is 7.35. The van der Waals surface area contributed by atoms with E-state index in [9.17, 15) is 9.59 Å². The van der Waals surface area contributed by atoms with Gasteiger partial charge in [0.2, 0.25) is 0 Å². The summed E-state index contributed by atoms with van der Waals surface area (Å²) in [6.07, 6.45) is 0. The summed E-state index contributed by atoms with van der Waals surface area (Å²) in [7, 11) is 1.70. The SMILES string of the molecule is COCCN1CCN(C(=O)N(Cc2ccc(C(=O)CN)cc2)c2ccccc2)CC1. The molecule has 7 heteroatoms. The average molecular weight is 411 g/mol. The second-order valence-corrected chi connectivity index (χ2v) is 7.35. The number of methoxy groups -OCH3 is 1. The average Bonchev–Trinajstić information content (AvgIpc) is 2.81. The fraction of sp³-hybridized carbons (Fsp3) is 0.391. The van der Waals surface area contributed by atoms with Gasteiger partial charge in [-0.1, -0.05) is 42.5 Å². The first kappa shape index (κ1) is 22.0. The van der Waals surface area contributed by atoms with Crippen molar-refractivity contribution in [2.75, 3.05) is 57.9 Å². The van der Waals surface area contributed by atoms with Crippen molar-refractivity contribution in [1.29, 1.82) is 0 Å². The molecule has 2 amide bonds. The van der Waals surface area contributed by atoms with Crippen molar-refractivity contribution in [3.63, 3.8) is 0 Å². The molecule has 1 heterocycles. The maximum Gasteiger partial charge on any atom is 0.324 e. The van der Waals surface area contributed by atoms with Gasteiger partial charge in [0.25, 0.3) is 0 Å². The molecule has 1 fully saturated rings. The van der Waals surface area contributed by atoms with Crippen LogP contribution in [0.5, 0.6) is 0 Å². The van der Waals surface area contributed by atoms with Crippen molar-refractivity contribution < 1.29 is 14.3 Å². The molecule has 160 valence electrons. The molecule has 1 saturated heterocycles. The lowest BCUT2D eigenvalue weighted by molar-refractivity contribution is 0.100. The fourth-order valence-corrected chi connectivity index (χ4v) is 3.53. The van der Waals surface area contributed by atoms with Crippen LogP contribution in [0.15, 0.2) is 54.6 Å². The van der Waals surface area contributed by atoms with Crippen LogP contribution >= 0.6 is 0 Å². The molecule has 0 bridgehead atoms. The largest absolute Gasteiger partial charge is 0.383 e. The van der Waals surface area contributed by atoms with Gasteiger partial charge in [-0.2, -0.15) is 0 Å². The standard InChI is InChI=1S/C23H30N4O3/c1-30-16-15-25-11-13-26(14-12-25)23(29)27(21-5-3-2-4-6-21)18-19-7-9-20(10-8-19)22(28)17-24/h2-10H,11-18,24H2,1H3. The molecule has 2 N–H and O–H groups in total. The minimum atomic E-state index is -0.0936. The van der Waals surface area contributed by atoms with Gasteiger partial charge in [0.15, 0.2) is 5.78 Å². The Morgan fingerprint density at radius 2 is 1.67 bits per heavy atom. The normalized spacial score (nSPS) is 14.5. The molecule has 30 heavy (non-hydrogen) atoms. The van der Waals surface area contributed by atoms with Gasteiger partial charge in [-0.3, -0.25) is 14.6 Å². The van der Waals surface area contributed by atoms with Crippen LogP contribution < -0.4 is 10.6 Å². The maximum atomic E-state index is 13.4. The van der Waals surface area contributed by atoms with Crippen LogP contribution in [-0.2, 0) is 11.3 Å². The molecule has 2 aromatic rings. The number of carbonyl (C=O) groups is 2. The summed E-state index contributed by atoms with van der Waals surface area (Å²) >= 11 is 0. The van der Waals surface area contributed by atoms with Crippen molar-refractivity contribution in [3.8, 4) is 0 Å². The number of amides is 2. The number of hydrogen-bond donors (Lipinski definition) is 1. The zero-order valence-corrected chi connectivity index (χ0v) is 17.5. The highest BCUT2D eigenvalue weighted by molar-refractivity contribution is 5.97. The zero-order chi connectivity index (χ0) is 21.3. The van der Waals surface area contributed by atoms with Gasteiger partial charge in [-0.05, 0) is 17.7 Å². The molecule has 7 nitrogen and oxygen atoms in total. The van der Waals surface area contributed by atoms with Gasteiger partial charge < -0.3 is 15.4 Å². The van der Waals surface area contributed by atoms with Crippen LogP contribution in [0.1, 0.15) is 15.9 Å². The van der Waals surface area contributed by atoms with Gasteiger partial charge in [-0.15, -0.1) is 0 Å². The highest BCUT2D eigenvalue weighted by Gasteiger charge is 2.26. The molecule has 3 rings (SSSR count). The Labute approximate surface area is 178 Å². The number of hydrogen-bond acceptors (Lipinski definition) is 5. The van der Waals surface area contributed by atoms with E-state index in [1.165, 1.54) is 0 Å². The summed E-state index contributed by atoms with van der Waals surface area (Å²) in [6.45, 7) is 5.07. The van der Waals surface area contributed by atoms with E-state index in [1.807, 2.05) is 47.4 Å². The lowest BCUT2D eigenvalue weighted by Crippen LogP contribution is -2.53. The number of urea groups is 1. The summed E-state index contributed by atoms with van der Waals surface area (Å²) < 4.78 is 5.15. The molecule has 2 aromatic carbocycles. The van der Waals surface area contributed by atoms with E-state index in [4.69, 9.17) is 10.5 Å². The summed E-state index contributed by atoms with van der Waals surface area (Å²) in [6, 6.07) is 17.0. The molecule has 0 radical (unpaired) electrons. The first-order valence-electron chi connectivity index (χ1n) is 10.3. The number of ether oxygens (including phenoxy) is 1. The molecule has 0 atom stereocenters. The van der Waals surface area contributed by atoms with E-state index in [-0.39, 0.29) is 18.4 Å². The fourth-order valence-electron chi connectivity index (χ4n) is 3.53. The van der Waals surface area contributed by atoms with Crippen molar-refractivity contribution in [1.82, 2.24) is 9.80 Å². The van der Waals surface area contributed by atoms with E-state index in [1.54, 1.807) is 24.1 Å². The number of benzene rings is 2. The number of ketones is 1. The third-order valence-electron chi connectivity index (χ3n) is 5.36. The quantitative estimate of drug-likeness (QED) is 0.675. The van der Waals surface area contributed by atoms with Crippen LogP contribution in [0.2, 0.25) is 0 Å². The maximum absolute atomic E-state index is 13.4. The molecular formula is C23H30N4O3. The van der Waals surface area contributed by atoms with E-state index in [0.29, 0.717) is 31.8 Å². The highest BCUT2D eigenvalue weighted by atomic mass is 16.5. The number of nitrogens with two attached hydrogens (primary N) is 1. The van der Waals surface area contributed by atoms with Gasteiger partial charge in [-0.25, -0.2) is 4.79 Å². The smallest absolute Gasteiger partial charge is 0.324 e. The Morgan fingerprint density at radius 1 is 1.00 bits per heavy atom. The van der Waals surface area contributed by atoms with Crippen molar-refractivity contribution in [2.45, 2.75) is 6.54 Å². The molecule has 0 saturated carbocycles. The number of piperazine rings is 1. The van der Waals surface area contributed by atoms with Gasteiger partial charge in [0.05, 0.1) is 19.7 Å². The lowest BCUT2D eigenvalue weighted by Gasteiger charge is -2.37. The van der Waals surface area contributed by atoms with Crippen LogP contribution in [0.4, 0.5) is 10.5 Å². The monoisotopic (exact) mass is 410 g/mol. The summed E-state index contributed by atoms with van der Waals surface area (Å²) in [5, 5.41) is 0. The van der Waals surface area contributed by atoms with Crippen LogP contribution in [-0.4, -0.2) is 74.6 Å².